The Labute approximate surface area is 227 Å². The fraction of sp³-hybridized carbons (Fsp3) is 0.370. The molecule has 3 aromatic rings. The summed E-state index contributed by atoms with van der Waals surface area (Å²) in [5.41, 5.74) is 3.28. The summed E-state index contributed by atoms with van der Waals surface area (Å²) in [6.45, 7) is 10.6. The molecule has 0 saturated heterocycles. The van der Waals surface area contributed by atoms with Gasteiger partial charge in [0, 0.05) is 24.1 Å². The van der Waals surface area contributed by atoms with Gasteiger partial charge in [-0.05, 0) is 56.5 Å². The molecule has 0 unspecified atom stereocenters. The largest absolute Gasteiger partial charge is 0.346 e. The summed E-state index contributed by atoms with van der Waals surface area (Å²) in [6.07, 6.45) is 1.64. The van der Waals surface area contributed by atoms with Crippen molar-refractivity contribution >= 4 is 57.6 Å². The summed E-state index contributed by atoms with van der Waals surface area (Å²) in [5.74, 6) is 7.92. The molecule has 4 rings (SSSR count). The smallest absolute Gasteiger partial charge is 0.158 e. The van der Waals surface area contributed by atoms with E-state index in [4.69, 9.17) is 45.5 Å². The third-order valence-corrected chi connectivity index (χ3v) is 8.27. The molecule has 3 heterocycles. The van der Waals surface area contributed by atoms with Gasteiger partial charge >= 0.3 is 0 Å². The molecule has 0 aliphatic carbocycles. The molecule has 0 bridgehead atoms. The summed E-state index contributed by atoms with van der Waals surface area (Å²) in [5, 5.41) is 6.18. The molecular weight excluding hydrogens is 515 g/mol. The van der Waals surface area contributed by atoms with Crippen LogP contribution < -0.4 is 0 Å². The SMILES string of the molecule is CCc1c(C2=NC(=S)C(C)(C)N2C)nn(-c2ccc(Cl)cc2Cl)c1-c1ccc(C#CCC(C)C)s1. The number of rotatable bonds is 5. The Kier molecular flexibility index (Phi) is 7.45. The molecule has 0 N–H and O–H groups in total. The number of benzene rings is 1. The Morgan fingerprint density at radius 3 is 2.51 bits per heavy atom. The number of hydrogen-bond acceptors (Lipinski definition) is 4. The molecule has 1 aromatic carbocycles. The van der Waals surface area contributed by atoms with Crippen molar-refractivity contribution in [2.75, 3.05) is 7.05 Å². The number of halogens is 2. The highest BCUT2D eigenvalue weighted by Gasteiger charge is 2.40. The first kappa shape index (κ1) is 25.9. The lowest BCUT2D eigenvalue weighted by Gasteiger charge is -2.29. The first-order valence-corrected chi connectivity index (χ1v) is 13.6. The van der Waals surface area contributed by atoms with Crippen LogP contribution in [0.4, 0.5) is 0 Å². The van der Waals surface area contributed by atoms with E-state index in [9.17, 15) is 0 Å². The van der Waals surface area contributed by atoms with E-state index in [1.54, 1.807) is 17.4 Å². The number of thiophene rings is 1. The molecule has 0 spiro atoms. The van der Waals surface area contributed by atoms with Crippen molar-refractivity contribution in [3.8, 4) is 28.1 Å². The van der Waals surface area contributed by atoms with Crippen molar-refractivity contribution in [3.05, 3.63) is 56.5 Å². The van der Waals surface area contributed by atoms with Crippen LogP contribution in [-0.4, -0.2) is 38.1 Å². The van der Waals surface area contributed by atoms with Gasteiger partial charge in [0.25, 0.3) is 0 Å². The highest BCUT2D eigenvalue weighted by atomic mass is 35.5. The van der Waals surface area contributed by atoms with E-state index >= 15 is 0 Å². The van der Waals surface area contributed by atoms with Crippen LogP contribution in [-0.2, 0) is 6.42 Å². The lowest BCUT2D eigenvalue weighted by atomic mass is 10.0. The number of thiocarbonyl (C=S) groups is 1. The second-order valence-corrected chi connectivity index (χ2v) is 11.8. The van der Waals surface area contributed by atoms with Crippen LogP contribution in [0.1, 0.15) is 57.2 Å². The van der Waals surface area contributed by atoms with E-state index in [2.05, 4.69) is 63.5 Å². The number of aromatic nitrogens is 2. The van der Waals surface area contributed by atoms with Gasteiger partial charge in [-0.3, -0.25) is 0 Å². The zero-order valence-corrected chi connectivity index (χ0v) is 23.9. The lowest BCUT2D eigenvalue weighted by molar-refractivity contribution is 0.363. The minimum Gasteiger partial charge on any atom is -0.346 e. The molecule has 0 radical (unpaired) electrons. The molecule has 0 saturated carbocycles. The van der Waals surface area contributed by atoms with Crippen molar-refractivity contribution in [2.45, 2.75) is 53.0 Å². The Morgan fingerprint density at radius 1 is 1.17 bits per heavy atom. The van der Waals surface area contributed by atoms with E-state index in [0.717, 1.165) is 51.1 Å². The average Bonchev–Trinajstić information content (AvgIpc) is 3.45. The van der Waals surface area contributed by atoms with Crippen LogP contribution >= 0.6 is 46.8 Å². The Balaban J connectivity index is 1.93. The Morgan fingerprint density at radius 2 is 1.91 bits per heavy atom. The molecule has 4 nitrogen and oxygen atoms in total. The van der Waals surface area contributed by atoms with Crippen LogP contribution in [0.3, 0.4) is 0 Å². The minimum atomic E-state index is -0.361. The summed E-state index contributed by atoms with van der Waals surface area (Å²) < 4.78 is 1.91. The number of nitrogens with zero attached hydrogens (tertiary/aromatic N) is 4. The fourth-order valence-electron chi connectivity index (χ4n) is 3.85. The average molecular weight is 544 g/mol. The third kappa shape index (κ3) is 4.93. The van der Waals surface area contributed by atoms with Gasteiger partial charge in [-0.15, -0.1) is 11.3 Å². The molecule has 1 aliphatic rings. The normalized spacial score (nSPS) is 14.9. The minimum absolute atomic E-state index is 0.361. The van der Waals surface area contributed by atoms with E-state index in [1.807, 2.05) is 23.9 Å². The van der Waals surface area contributed by atoms with Crippen molar-refractivity contribution in [2.24, 2.45) is 10.9 Å². The molecule has 2 aromatic heterocycles. The summed E-state index contributed by atoms with van der Waals surface area (Å²) in [7, 11) is 2.01. The maximum atomic E-state index is 6.66. The lowest BCUT2D eigenvalue weighted by Crippen LogP contribution is -2.44. The zero-order valence-electron chi connectivity index (χ0n) is 20.7. The van der Waals surface area contributed by atoms with Crippen molar-refractivity contribution < 1.29 is 0 Å². The predicted octanol–water partition coefficient (Wildman–Crippen LogP) is 7.67. The Hall–Kier alpha value is -2.17. The maximum Gasteiger partial charge on any atom is 0.158 e. The number of aliphatic imine (C=N–C) groups is 1. The van der Waals surface area contributed by atoms with Gasteiger partial charge in [0.05, 0.1) is 31.7 Å². The summed E-state index contributed by atoms with van der Waals surface area (Å²) in [4.78, 5) is 9.62. The first-order chi connectivity index (χ1) is 16.5. The second kappa shape index (κ2) is 10.1. The van der Waals surface area contributed by atoms with Crippen LogP contribution in [0.15, 0.2) is 35.3 Å². The van der Waals surface area contributed by atoms with Gasteiger partial charge in [0.15, 0.2) is 5.84 Å². The molecule has 1 aliphatic heterocycles. The topological polar surface area (TPSA) is 33.4 Å². The van der Waals surface area contributed by atoms with E-state index in [0.29, 0.717) is 21.0 Å². The van der Waals surface area contributed by atoms with Crippen molar-refractivity contribution in [3.63, 3.8) is 0 Å². The van der Waals surface area contributed by atoms with Crippen molar-refractivity contribution in [1.29, 1.82) is 0 Å². The highest BCUT2D eigenvalue weighted by molar-refractivity contribution is 7.80. The van der Waals surface area contributed by atoms with Crippen LogP contribution in [0.2, 0.25) is 10.0 Å². The second-order valence-electron chi connectivity index (χ2n) is 9.46. The number of amidine groups is 1. The van der Waals surface area contributed by atoms with Crippen molar-refractivity contribution in [1.82, 2.24) is 14.7 Å². The van der Waals surface area contributed by atoms with Gasteiger partial charge < -0.3 is 4.90 Å². The molecule has 0 amide bonds. The molecule has 0 atom stereocenters. The highest BCUT2D eigenvalue weighted by Crippen LogP contribution is 2.38. The number of hydrogen-bond donors (Lipinski definition) is 0. The summed E-state index contributed by atoms with van der Waals surface area (Å²) >= 11 is 20.1. The van der Waals surface area contributed by atoms with Gasteiger partial charge in [-0.25, -0.2) is 9.67 Å². The van der Waals surface area contributed by atoms with Gasteiger partial charge in [0.1, 0.15) is 10.7 Å². The fourth-order valence-corrected chi connectivity index (χ4v) is 5.50. The molecule has 182 valence electrons. The van der Waals surface area contributed by atoms with Crippen LogP contribution in [0.25, 0.3) is 16.3 Å². The Bertz CT molecular complexity index is 1390. The van der Waals surface area contributed by atoms with Gasteiger partial charge in [0.2, 0.25) is 0 Å². The zero-order chi connectivity index (χ0) is 25.5. The van der Waals surface area contributed by atoms with E-state index < -0.39 is 0 Å². The molecule has 35 heavy (non-hydrogen) atoms. The van der Waals surface area contributed by atoms with Gasteiger partial charge in [-0.2, -0.15) is 5.10 Å². The summed E-state index contributed by atoms with van der Waals surface area (Å²) in [6, 6.07) is 9.65. The third-order valence-electron chi connectivity index (χ3n) is 6.14. The molecule has 0 fully saturated rings. The van der Waals surface area contributed by atoms with Gasteiger partial charge in [-0.1, -0.05) is 68.0 Å². The monoisotopic (exact) mass is 542 g/mol. The van der Waals surface area contributed by atoms with Crippen LogP contribution in [0, 0.1) is 17.8 Å². The van der Waals surface area contributed by atoms with E-state index in [-0.39, 0.29) is 5.54 Å². The quantitative estimate of drug-likeness (QED) is 0.245. The standard InChI is InChI=1S/C27H28Cl2N4S2/c1-7-19-23(25-30-26(34)27(4,5)32(25)6)31-33(21-13-11-17(28)15-20(21)29)24(19)22-14-12-18(35-22)10-8-9-16(2)3/h11-16H,7,9H2,1-6H3. The number of likely N-dealkylation sites (N-methyl/N-ethyl adjacent to an activating group) is 1. The maximum absolute atomic E-state index is 6.66. The predicted molar refractivity (Wildman–Crippen MR) is 154 cm³/mol. The molecular formula is C27H28Cl2N4S2. The van der Waals surface area contributed by atoms with Crippen LogP contribution in [0.5, 0.6) is 0 Å². The first-order valence-electron chi connectivity index (χ1n) is 11.6. The van der Waals surface area contributed by atoms with E-state index in [1.165, 1.54) is 0 Å². The molecule has 8 heteroatoms.